The lowest BCUT2D eigenvalue weighted by atomic mass is 10.1. The van der Waals surface area contributed by atoms with E-state index < -0.39 is 5.97 Å². The molecule has 0 aliphatic carbocycles. The molecule has 0 aromatic carbocycles. The van der Waals surface area contributed by atoms with Gasteiger partial charge in [-0.3, -0.25) is 0 Å². The Morgan fingerprint density at radius 3 is 3.08 bits per heavy atom. The van der Waals surface area contributed by atoms with Gasteiger partial charge in [0.05, 0.1) is 5.56 Å². The molecular formula is C9H8N2O2. The maximum Gasteiger partial charge on any atom is 0.338 e. The number of carbonyl (C=O) groups is 1. The molecule has 0 amide bonds. The molecule has 0 bridgehead atoms. The highest BCUT2D eigenvalue weighted by molar-refractivity contribution is 5.95. The zero-order chi connectivity index (χ0) is 9.42. The van der Waals surface area contributed by atoms with E-state index in [2.05, 4.69) is 4.98 Å². The second-order valence-electron chi connectivity index (χ2n) is 2.83. The van der Waals surface area contributed by atoms with Gasteiger partial charge in [-0.2, -0.15) is 0 Å². The van der Waals surface area contributed by atoms with E-state index in [1.54, 1.807) is 16.7 Å². The van der Waals surface area contributed by atoms with Crippen molar-refractivity contribution in [3.63, 3.8) is 0 Å². The van der Waals surface area contributed by atoms with Crippen molar-refractivity contribution in [1.29, 1.82) is 0 Å². The van der Waals surface area contributed by atoms with Crippen molar-refractivity contribution in [3.05, 3.63) is 30.1 Å². The Balaban J connectivity index is 2.70. The number of nitrogens with zero attached hydrogens (tertiary/aromatic N) is 2. The SMILES string of the molecule is Cn1cccc2c(C(=O)O)cnc1-2. The maximum atomic E-state index is 10.7. The monoisotopic (exact) mass is 176 g/mol. The average molecular weight is 176 g/mol. The normalized spacial score (nSPS) is 10.5. The van der Waals surface area contributed by atoms with E-state index in [1.807, 2.05) is 13.2 Å². The quantitative estimate of drug-likeness (QED) is 0.710. The van der Waals surface area contributed by atoms with Gasteiger partial charge in [-0.1, -0.05) is 0 Å². The van der Waals surface area contributed by atoms with Crippen molar-refractivity contribution in [2.75, 3.05) is 0 Å². The highest BCUT2D eigenvalue weighted by Gasteiger charge is 2.17. The van der Waals surface area contributed by atoms with Crippen LogP contribution in [0, 0.1) is 0 Å². The van der Waals surface area contributed by atoms with Crippen LogP contribution >= 0.6 is 0 Å². The van der Waals surface area contributed by atoms with E-state index in [9.17, 15) is 4.79 Å². The van der Waals surface area contributed by atoms with E-state index in [4.69, 9.17) is 5.11 Å². The van der Waals surface area contributed by atoms with Crippen LogP contribution in [-0.2, 0) is 7.05 Å². The Morgan fingerprint density at radius 1 is 1.62 bits per heavy atom. The Morgan fingerprint density at radius 2 is 2.38 bits per heavy atom. The van der Waals surface area contributed by atoms with Crippen LogP contribution < -0.4 is 0 Å². The zero-order valence-corrected chi connectivity index (χ0v) is 7.06. The molecule has 13 heavy (non-hydrogen) atoms. The van der Waals surface area contributed by atoms with Crippen molar-refractivity contribution in [2.45, 2.75) is 0 Å². The van der Waals surface area contributed by atoms with Gasteiger partial charge in [0, 0.05) is 25.0 Å². The van der Waals surface area contributed by atoms with Gasteiger partial charge in [0.15, 0.2) is 0 Å². The van der Waals surface area contributed by atoms with E-state index in [1.165, 1.54) is 6.20 Å². The highest BCUT2D eigenvalue weighted by Crippen LogP contribution is 2.23. The lowest BCUT2D eigenvalue weighted by Gasteiger charge is -2.04. The summed E-state index contributed by atoms with van der Waals surface area (Å²) >= 11 is 0. The summed E-state index contributed by atoms with van der Waals surface area (Å²) in [6, 6.07) is 3.56. The van der Waals surface area contributed by atoms with Gasteiger partial charge in [0.1, 0.15) is 5.82 Å². The number of aryl methyl sites for hydroxylation is 1. The summed E-state index contributed by atoms with van der Waals surface area (Å²) in [5.41, 5.74) is 0.934. The minimum absolute atomic E-state index is 0.256. The number of carboxylic acid groups (broad SMARTS) is 1. The summed E-state index contributed by atoms with van der Waals surface area (Å²) in [5.74, 6) is -0.242. The van der Waals surface area contributed by atoms with Gasteiger partial charge in [-0.25, -0.2) is 9.78 Å². The number of aromatic carboxylic acids is 1. The predicted molar refractivity (Wildman–Crippen MR) is 46.8 cm³/mol. The largest absolute Gasteiger partial charge is 0.478 e. The lowest BCUT2D eigenvalue weighted by molar-refractivity contribution is 0.0698. The molecule has 2 aliphatic heterocycles. The number of hydrogen-bond donors (Lipinski definition) is 1. The van der Waals surface area contributed by atoms with Gasteiger partial charge in [0.25, 0.3) is 0 Å². The Labute approximate surface area is 74.8 Å². The third-order valence-electron chi connectivity index (χ3n) is 1.98. The van der Waals surface area contributed by atoms with Crippen molar-refractivity contribution >= 4 is 5.97 Å². The summed E-state index contributed by atoms with van der Waals surface area (Å²) in [6.45, 7) is 0. The first kappa shape index (κ1) is 7.79. The van der Waals surface area contributed by atoms with E-state index in [0.717, 1.165) is 0 Å². The first-order valence-corrected chi connectivity index (χ1v) is 3.83. The maximum absolute atomic E-state index is 10.7. The van der Waals surface area contributed by atoms with Gasteiger partial charge >= 0.3 is 5.97 Å². The van der Waals surface area contributed by atoms with Gasteiger partial charge in [-0.15, -0.1) is 0 Å². The Kier molecular flexibility index (Phi) is 1.55. The summed E-state index contributed by atoms with van der Waals surface area (Å²) in [4.78, 5) is 14.8. The molecular weight excluding hydrogens is 168 g/mol. The molecule has 1 N–H and O–H groups in total. The van der Waals surface area contributed by atoms with Crippen LogP contribution in [-0.4, -0.2) is 20.6 Å². The van der Waals surface area contributed by atoms with Crippen LogP contribution in [0.4, 0.5) is 0 Å². The topological polar surface area (TPSA) is 55.1 Å². The average Bonchev–Trinajstić information content (AvgIpc) is 2.48. The molecule has 0 spiro atoms. The molecule has 0 aromatic rings. The molecule has 0 aromatic heterocycles. The van der Waals surface area contributed by atoms with Gasteiger partial charge in [-0.05, 0) is 12.1 Å². The first-order valence-electron chi connectivity index (χ1n) is 3.83. The van der Waals surface area contributed by atoms with Crippen LogP contribution in [0.25, 0.3) is 11.4 Å². The second-order valence-corrected chi connectivity index (χ2v) is 2.83. The van der Waals surface area contributed by atoms with Crippen LogP contribution in [0.3, 0.4) is 0 Å². The van der Waals surface area contributed by atoms with Crippen LogP contribution in [0.5, 0.6) is 0 Å². The molecule has 0 radical (unpaired) electrons. The molecule has 0 fully saturated rings. The fourth-order valence-electron chi connectivity index (χ4n) is 1.34. The van der Waals surface area contributed by atoms with E-state index in [-0.39, 0.29) is 5.56 Å². The predicted octanol–water partition coefficient (Wildman–Crippen LogP) is 1.22. The summed E-state index contributed by atoms with van der Waals surface area (Å²) in [6.07, 6.45) is 3.22. The van der Waals surface area contributed by atoms with Crippen molar-refractivity contribution in [2.24, 2.45) is 7.05 Å². The zero-order valence-electron chi connectivity index (χ0n) is 7.06. The Bertz CT molecular complexity index is 433. The molecule has 2 rings (SSSR count). The van der Waals surface area contributed by atoms with Crippen molar-refractivity contribution in [3.8, 4) is 11.4 Å². The van der Waals surface area contributed by atoms with Crippen LogP contribution in [0.1, 0.15) is 10.4 Å². The molecule has 0 atom stereocenters. The van der Waals surface area contributed by atoms with Crippen molar-refractivity contribution in [1.82, 2.24) is 9.55 Å². The van der Waals surface area contributed by atoms with E-state index >= 15 is 0 Å². The molecule has 4 heteroatoms. The molecule has 0 saturated carbocycles. The second kappa shape index (κ2) is 2.58. The fourth-order valence-corrected chi connectivity index (χ4v) is 1.34. The summed E-state index contributed by atoms with van der Waals surface area (Å²) < 4.78 is 1.79. The van der Waals surface area contributed by atoms with Gasteiger partial charge in [0.2, 0.25) is 0 Å². The Hall–Kier alpha value is -1.84. The lowest BCUT2D eigenvalue weighted by Crippen LogP contribution is -1.99. The third kappa shape index (κ3) is 1.07. The minimum Gasteiger partial charge on any atom is -0.478 e. The number of carboxylic acids is 1. The molecule has 66 valence electrons. The summed E-state index contributed by atoms with van der Waals surface area (Å²) in [7, 11) is 1.83. The van der Waals surface area contributed by atoms with Gasteiger partial charge < -0.3 is 9.67 Å². The number of rotatable bonds is 1. The summed E-state index contributed by atoms with van der Waals surface area (Å²) in [5, 5.41) is 8.81. The minimum atomic E-state index is -0.936. The molecule has 2 heterocycles. The fraction of sp³-hybridized carbons (Fsp3) is 0.111. The van der Waals surface area contributed by atoms with Crippen LogP contribution in [0.2, 0.25) is 0 Å². The third-order valence-corrected chi connectivity index (χ3v) is 1.98. The standard InChI is InChI=1S/C9H8N2O2/c1-11-4-2-3-6-7(9(12)13)5-10-8(6)11/h2-5H,1H3,(H,12,13). The highest BCUT2D eigenvalue weighted by atomic mass is 16.4. The van der Waals surface area contributed by atoms with E-state index in [0.29, 0.717) is 11.4 Å². The number of pyridine rings is 1. The first-order chi connectivity index (χ1) is 6.20. The van der Waals surface area contributed by atoms with Crippen LogP contribution in [0.15, 0.2) is 24.5 Å². The molecule has 2 aliphatic rings. The number of aromatic nitrogens is 2. The number of fused-ring (bicyclic) bond motifs is 1. The van der Waals surface area contributed by atoms with Crippen molar-refractivity contribution < 1.29 is 9.90 Å². The molecule has 4 nitrogen and oxygen atoms in total. The molecule has 0 saturated heterocycles. The number of hydrogen-bond acceptors (Lipinski definition) is 2. The smallest absolute Gasteiger partial charge is 0.338 e. The molecule has 0 unspecified atom stereocenters.